The first kappa shape index (κ1) is 13.9. The fraction of sp³-hybridized carbons (Fsp3) is 0.333. The number of nitrogens with two attached hydrogens (primary N) is 1. The number of carbonyl (C=O) groups is 3. The zero-order valence-corrected chi connectivity index (χ0v) is 10.0. The Labute approximate surface area is 106 Å². The van der Waals surface area contributed by atoms with Crippen molar-refractivity contribution in [2.24, 2.45) is 0 Å². The Morgan fingerprint density at radius 2 is 1.83 bits per heavy atom. The predicted molar refractivity (Wildman–Crippen MR) is 62.1 cm³/mol. The van der Waals surface area contributed by atoms with Gasteiger partial charge in [-0.3, -0.25) is 14.4 Å². The lowest BCUT2D eigenvalue weighted by atomic mass is 10.3. The Bertz CT molecular complexity index is 457. The van der Waals surface area contributed by atoms with E-state index in [1.165, 1.54) is 0 Å². The fourth-order valence-electron chi connectivity index (χ4n) is 1.23. The van der Waals surface area contributed by atoms with Crippen molar-refractivity contribution in [2.45, 2.75) is 6.42 Å². The summed E-state index contributed by atoms with van der Waals surface area (Å²) in [6, 6.07) is 0. The normalized spacial score (nSPS) is 10.0. The average Bonchev–Trinajstić information content (AvgIpc) is 2.61. The number of nitrogen functional groups attached to an aromatic ring is 1. The van der Waals surface area contributed by atoms with Gasteiger partial charge in [0.25, 0.3) is 0 Å². The molecule has 1 aromatic heterocycles. The van der Waals surface area contributed by atoms with Gasteiger partial charge < -0.3 is 20.8 Å². The summed E-state index contributed by atoms with van der Waals surface area (Å²) in [6.07, 6.45) is -0.172. The van der Waals surface area contributed by atoms with E-state index in [0.717, 1.165) is 16.2 Å². The number of anilines is 1. The van der Waals surface area contributed by atoms with Crippen molar-refractivity contribution < 1.29 is 24.6 Å². The van der Waals surface area contributed by atoms with Gasteiger partial charge >= 0.3 is 11.9 Å². The average molecular weight is 273 g/mol. The number of amides is 1. The van der Waals surface area contributed by atoms with Crippen LogP contribution in [0.4, 0.5) is 5.13 Å². The van der Waals surface area contributed by atoms with Crippen molar-refractivity contribution in [2.75, 3.05) is 18.8 Å². The first-order valence-corrected chi connectivity index (χ1v) is 5.67. The van der Waals surface area contributed by atoms with E-state index in [1.54, 1.807) is 5.38 Å². The molecule has 1 aromatic rings. The van der Waals surface area contributed by atoms with Gasteiger partial charge in [-0.25, -0.2) is 4.98 Å². The minimum Gasteiger partial charge on any atom is -0.480 e. The monoisotopic (exact) mass is 273 g/mol. The third kappa shape index (κ3) is 4.37. The molecule has 0 aliphatic rings. The molecule has 1 heterocycles. The largest absolute Gasteiger partial charge is 0.480 e. The van der Waals surface area contributed by atoms with Crippen LogP contribution in [0.3, 0.4) is 0 Å². The number of nitrogens with zero attached hydrogens (tertiary/aromatic N) is 2. The van der Waals surface area contributed by atoms with Gasteiger partial charge in [-0.05, 0) is 0 Å². The van der Waals surface area contributed by atoms with E-state index in [-0.39, 0.29) is 6.42 Å². The zero-order valence-electron chi connectivity index (χ0n) is 9.20. The Hall–Kier alpha value is -2.16. The number of carboxylic acid groups (broad SMARTS) is 2. The molecule has 0 bridgehead atoms. The highest BCUT2D eigenvalue weighted by molar-refractivity contribution is 7.13. The third-order valence-electron chi connectivity index (χ3n) is 1.91. The Balaban J connectivity index is 2.69. The number of aliphatic carboxylic acids is 2. The molecule has 0 aliphatic carbocycles. The van der Waals surface area contributed by atoms with E-state index in [9.17, 15) is 14.4 Å². The van der Waals surface area contributed by atoms with Gasteiger partial charge in [-0.2, -0.15) is 0 Å². The summed E-state index contributed by atoms with van der Waals surface area (Å²) in [5, 5.41) is 19.0. The number of thiazole rings is 1. The first-order valence-electron chi connectivity index (χ1n) is 4.79. The SMILES string of the molecule is Nc1nc(CC(=O)N(CC(=O)O)CC(=O)O)cs1. The second-order valence-electron chi connectivity index (χ2n) is 3.39. The summed E-state index contributed by atoms with van der Waals surface area (Å²) >= 11 is 1.15. The molecule has 9 heteroatoms. The highest BCUT2D eigenvalue weighted by atomic mass is 32.1. The molecule has 18 heavy (non-hydrogen) atoms. The zero-order chi connectivity index (χ0) is 13.7. The van der Waals surface area contributed by atoms with Crippen molar-refractivity contribution in [3.05, 3.63) is 11.1 Å². The minimum absolute atomic E-state index is 0.172. The minimum atomic E-state index is -1.28. The van der Waals surface area contributed by atoms with Crippen LogP contribution in [0.1, 0.15) is 5.69 Å². The standard InChI is InChI=1S/C9H11N3O5S/c10-9-11-5(4-18-9)1-6(13)12(2-7(14)15)3-8(16)17/h4H,1-3H2,(H2,10,11)(H,14,15)(H,16,17). The Kier molecular flexibility index (Phi) is 4.60. The molecule has 0 spiro atoms. The number of carbonyl (C=O) groups excluding carboxylic acids is 1. The van der Waals surface area contributed by atoms with Gasteiger partial charge in [0.1, 0.15) is 13.1 Å². The second-order valence-corrected chi connectivity index (χ2v) is 4.28. The van der Waals surface area contributed by atoms with Crippen molar-refractivity contribution >= 4 is 34.3 Å². The number of aromatic nitrogens is 1. The molecule has 0 radical (unpaired) electrons. The molecule has 8 nitrogen and oxygen atoms in total. The number of hydrogen-bond acceptors (Lipinski definition) is 6. The van der Waals surface area contributed by atoms with Crippen LogP contribution in [0.15, 0.2) is 5.38 Å². The third-order valence-corrected chi connectivity index (χ3v) is 2.63. The summed E-state index contributed by atoms with van der Waals surface area (Å²) in [6.45, 7) is -1.32. The van der Waals surface area contributed by atoms with E-state index >= 15 is 0 Å². The van der Waals surface area contributed by atoms with E-state index in [0.29, 0.717) is 10.8 Å². The van der Waals surface area contributed by atoms with Crippen molar-refractivity contribution in [3.63, 3.8) is 0 Å². The number of carboxylic acids is 2. The molecule has 1 amide bonds. The van der Waals surface area contributed by atoms with Crippen LogP contribution in [0, 0.1) is 0 Å². The summed E-state index contributed by atoms with van der Waals surface area (Å²) in [5.41, 5.74) is 5.78. The molecule has 0 fully saturated rings. The molecule has 0 unspecified atom stereocenters. The lowest BCUT2D eigenvalue weighted by molar-refractivity contribution is -0.149. The highest BCUT2D eigenvalue weighted by Gasteiger charge is 2.20. The van der Waals surface area contributed by atoms with Crippen LogP contribution in [0.5, 0.6) is 0 Å². The lowest BCUT2D eigenvalue weighted by Gasteiger charge is -2.17. The molecule has 0 saturated carbocycles. The maximum atomic E-state index is 11.7. The van der Waals surface area contributed by atoms with Crippen LogP contribution in [-0.4, -0.2) is 51.0 Å². The van der Waals surface area contributed by atoms with Crippen LogP contribution in [-0.2, 0) is 20.8 Å². The summed E-state index contributed by atoms with van der Waals surface area (Å²) < 4.78 is 0. The van der Waals surface area contributed by atoms with Gasteiger partial charge in [0.15, 0.2) is 5.13 Å². The van der Waals surface area contributed by atoms with Gasteiger partial charge in [-0.15, -0.1) is 11.3 Å². The molecule has 1 rings (SSSR count). The molecular formula is C9H11N3O5S. The maximum absolute atomic E-state index is 11.7. The van der Waals surface area contributed by atoms with Crippen molar-refractivity contribution in [1.82, 2.24) is 9.88 Å². The molecule has 0 saturated heterocycles. The van der Waals surface area contributed by atoms with Gasteiger partial charge in [-0.1, -0.05) is 0 Å². The van der Waals surface area contributed by atoms with E-state index < -0.39 is 30.9 Å². The Morgan fingerprint density at radius 3 is 2.22 bits per heavy atom. The second kappa shape index (κ2) is 5.96. The molecular weight excluding hydrogens is 262 g/mol. The number of rotatable bonds is 6. The van der Waals surface area contributed by atoms with Crippen LogP contribution in [0.25, 0.3) is 0 Å². The summed E-state index contributed by atoms with van der Waals surface area (Å²) in [5.74, 6) is -3.17. The van der Waals surface area contributed by atoms with Gasteiger partial charge in [0, 0.05) is 5.38 Å². The Morgan fingerprint density at radius 1 is 1.28 bits per heavy atom. The van der Waals surface area contributed by atoms with Crippen LogP contribution >= 0.6 is 11.3 Å². The molecule has 4 N–H and O–H groups in total. The molecule has 98 valence electrons. The van der Waals surface area contributed by atoms with Gasteiger partial charge in [0.2, 0.25) is 5.91 Å². The smallest absolute Gasteiger partial charge is 0.323 e. The van der Waals surface area contributed by atoms with E-state index in [2.05, 4.69) is 4.98 Å². The quantitative estimate of drug-likeness (QED) is 0.621. The number of hydrogen-bond donors (Lipinski definition) is 3. The lowest BCUT2D eigenvalue weighted by Crippen LogP contribution is -2.40. The molecule has 0 aromatic carbocycles. The van der Waals surface area contributed by atoms with Crippen molar-refractivity contribution in [3.8, 4) is 0 Å². The highest BCUT2D eigenvalue weighted by Crippen LogP contribution is 2.12. The first-order chi connectivity index (χ1) is 8.38. The van der Waals surface area contributed by atoms with Crippen LogP contribution in [0.2, 0.25) is 0 Å². The van der Waals surface area contributed by atoms with E-state index in [1.807, 2.05) is 0 Å². The molecule has 0 aliphatic heterocycles. The predicted octanol–water partition coefficient (Wildman–Crippen LogP) is -0.734. The molecule has 0 atom stereocenters. The fourth-order valence-corrected chi connectivity index (χ4v) is 1.79. The van der Waals surface area contributed by atoms with Crippen molar-refractivity contribution in [1.29, 1.82) is 0 Å². The van der Waals surface area contributed by atoms with Gasteiger partial charge in [0.05, 0.1) is 12.1 Å². The van der Waals surface area contributed by atoms with Crippen LogP contribution < -0.4 is 5.73 Å². The van der Waals surface area contributed by atoms with E-state index in [4.69, 9.17) is 15.9 Å². The topological polar surface area (TPSA) is 134 Å². The maximum Gasteiger partial charge on any atom is 0.323 e. The summed E-state index contributed by atoms with van der Waals surface area (Å²) in [4.78, 5) is 37.4. The summed E-state index contributed by atoms with van der Waals surface area (Å²) in [7, 11) is 0.